The molecular weight excluding hydrogens is 142 g/mol. The molecule has 11 heavy (non-hydrogen) atoms. The van der Waals surface area contributed by atoms with Crippen molar-refractivity contribution in [1.82, 2.24) is 0 Å². The van der Waals surface area contributed by atoms with E-state index in [1.165, 1.54) is 0 Å². The van der Waals surface area contributed by atoms with Gasteiger partial charge in [0, 0.05) is 12.5 Å². The third-order valence-corrected chi connectivity index (χ3v) is 2.69. The Hall–Kier alpha value is -0.590. The number of nitriles is 1. The van der Waals surface area contributed by atoms with Gasteiger partial charge in [-0.05, 0) is 13.3 Å². The summed E-state index contributed by atoms with van der Waals surface area (Å²) in [6, 6.07) is 2.13. The van der Waals surface area contributed by atoms with Gasteiger partial charge in [0.1, 0.15) is 5.60 Å². The molecule has 0 aromatic heterocycles. The van der Waals surface area contributed by atoms with Crippen LogP contribution in [0.3, 0.4) is 0 Å². The van der Waals surface area contributed by atoms with E-state index in [1.807, 2.05) is 6.92 Å². The summed E-state index contributed by atoms with van der Waals surface area (Å²) in [4.78, 5) is 0. The van der Waals surface area contributed by atoms with Crippen molar-refractivity contribution in [3.63, 3.8) is 0 Å². The second-order valence-corrected chi connectivity index (χ2v) is 3.37. The van der Waals surface area contributed by atoms with E-state index in [0.717, 1.165) is 19.6 Å². The Morgan fingerprint density at radius 1 is 1.64 bits per heavy atom. The Balaban J connectivity index is 2.01. The summed E-state index contributed by atoms with van der Waals surface area (Å²) in [6.45, 7) is 3.58. The molecule has 2 rings (SSSR count). The fourth-order valence-electron chi connectivity index (χ4n) is 1.67. The monoisotopic (exact) mass is 153 g/mol. The molecule has 2 saturated heterocycles. The van der Waals surface area contributed by atoms with Crippen molar-refractivity contribution in [1.29, 1.82) is 5.26 Å². The summed E-state index contributed by atoms with van der Waals surface area (Å²) in [5.41, 5.74) is -0.189. The number of ether oxygens (including phenoxy) is 2. The quantitative estimate of drug-likeness (QED) is 0.521. The lowest BCUT2D eigenvalue weighted by molar-refractivity contribution is 0.158. The van der Waals surface area contributed by atoms with E-state index in [2.05, 4.69) is 6.07 Å². The smallest absolute Gasteiger partial charge is 0.173 e. The number of rotatable bonds is 1. The van der Waals surface area contributed by atoms with Crippen molar-refractivity contribution in [3.8, 4) is 6.07 Å². The highest BCUT2D eigenvalue weighted by atomic mass is 16.6. The lowest BCUT2D eigenvalue weighted by Crippen LogP contribution is -2.23. The number of nitrogens with zero attached hydrogens (tertiary/aromatic N) is 1. The van der Waals surface area contributed by atoms with Gasteiger partial charge in [0.2, 0.25) is 0 Å². The maximum absolute atomic E-state index is 8.59. The van der Waals surface area contributed by atoms with Gasteiger partial charge in [-0.1, -0.05) is 0 Å². The third kappa shape index (κ3) is 0.943. The highest BCUT2D eigenvalue weighted by Gasteiger charge is 2.58. The Bertz CT molecular complexity index is 205. The Morgan fingerprint density at radius 2 is 2.45 bits per heavy atom. The number of hydrogen-bond donors (Lipinski definition) is 0. The normalized spacial score (nSPS) is 48.7. The van der Waals surface area contributed by atoms with Crippen LogP contribution < -0.4 is 0 Å². The fraction of sp³-hybridized carbons (Fsp3) is 0.875. The fourth-order valence-corrected chi connectivity index (χ4v) is 1.67. The number of hydrogen-bond acceptors (Lipinski definition) is 3. The van der Waals surface area contributed by atoms with Crippen molar-refractivity contribution < 1.29 is 9.47 Å². The molecule has 2 aliphatic rings. The van der Waals surface area contributed by atoms with Crippen LogP contribution in [0.5, 0.6) is 0 Å². The lowest BCUT2D eigenvalue weighted by Gasteiger charge is -2.10. The molecule has 3 heteroatoms. The average Bonchev–Trinajstić information content (AvgIpc) is 2.55. The average molecular weight is 153 g/mol. The molecule has 2 aliphatic heterocycles. The maximum Gasteiger partial charge on any atom is 0.173 e. The first-order chi connectivity index (χ1) is 5.27. The lowest BCUT2D eigenvalue weighted by atomic mass is 9.90. The van der Waals surface area contributed by atoms with E-state index in [0.29, 0.717) is 5.92 Å². The van der Waals surface area contributed by atoms with E-state index in [4.69, 9.17) is 14.7 Å². The SMILES string of the molecule is CC1(C2CCOC2)OC1C#N. The van der Waals surface area contributed by atoms with Crippen LogP contribution in [0.1, 0.15) is 13.3 Å². The van der Waals surface area contributed by atoms with Crippen LogP contribution >= 0.6 is 0 Å². The summed E-state index contributed by atoms with van der Waals surface area (Å²) in [7, 11) is 0. The largest absolute Gasteiger partial charge is 0.381 e. The number of epoxide rings is 1. The van der Waals surface area contributed by atoms with Gasteiger partial charge in [0.05, 0.1) is 12.7 Å². The second-order valence-electron chi connectivity index (χ2n) is 3.37. The third-order valence-electron chi connectivity index (χ3n) is 2.69. The van der Waals surface area contributed by atoms with Crippen LogP contribution in [-0.4, -0.2) is 24.9 Å². The zero-order chi connectivity index (χ0) is 7.90. The van der Waals surface area contributed by atoms with Crippen molar-refractivity contribution >= 4 is 0 Å². The van der Waals surface area contributed by atoms with Crippen molar-refractivity contribution in [2.24, 2.45) is 5.92 Å². The van der Waals surface area contributed by atoms with E-state index in [1.54, 1.807) is 0 Å². The van der Waals surface area contributed by atoms with Gasteiger partial charge in [-0.2, -0.15) is 5.26 Å². The molecule has 0 spiro atoms. The Kier molecular flexibility index (Phi) is 1.41. The molecule has 0 N–H and O–H groups in total. The van der Waals surface area contributed by atoms with Crippen LogP contribution in [0.2, 0.25) is 0 Å². The second kappa shape index (κ2) is 2.20. The topological polar surface area (TPSA) is 45.5 Å². The van der Waals surface area contributed by atoms with E-state index in [9.17, 15) is 0 Å². The molecule has 0 amide bonds. The predicted octanol–water partition coefficient (Wildman–Crippen LogP) is 0.704. The molecular formula is C8H11NO2. The molecule has 2 fully saturated rings. The minimum absolute atomic E-state index is 0.186. The van der Waals surface area contributed by atoms with Gasteiger partial charge in [0.15, 0.2) is 6.10 Å². The van der Waals surface area contributed by atoms with Gasteiger partial charge >= 0.3 is 0 Å². The predicted molar refractivity (Wildman–Crippen MR) is 37.8 cm³/mol. The van der Waals surface area contributed by atoms with E-state index < -0.39 is 0 Å². The Morgan fingerprint density at radius 3 is 2.91 bits per heavy atom. The minimum Gasteiger partial charge on any atom is -0.381 e. The summed E-state index contributed by atoms with van der Waals surface area (Å²) in [5.74, 6) is 0.437. The molecule has 0 aromatic carbocycles. The molecule has 0 radical (unpaired) electrons. The first-order valence-electron chi connectivity index (χ1n) is 3.92. The van der Waals surface area contributed by atoms with Gasteiger partial charge in [-0.25, -0.2) is 0 Å². The maximum atomic E-state index is 8.59. The van der Waals surface area contributed by atoms with Crippen LogP contribution in [0.15, 0.2) is 0 Å². The molecule has 3 atom stereocenters. The summed E-state index contributed by atoms with van der Waals surface area (Å²) in [5, 5.41) is 8.59. The van der Waals surface area contributed by atoms with Crippen molar-refractivity contribution in [2.75, 3.05) is 13.2 Å². The van der Waals surface area contributed by atoms with Gasteiger partial charge in [0.25, 0.3) is 0 Å². The Labute approximate surface area is 65.9 Å². The van der Waals surface area contributed by atoms with Gasteiger partial charge < -0.3 is 9.47 Å². The first kappa shape index (κ1) is 7.08. The zero-order valence-corrected chi connectivity index (χ0v) is 6.54. The molecule has 0 bridgehead atoms. The van der Waals surface area contributed by atoms with Crippen molar-refractivity contribution in [3.05, 3.63) is 0 Å². The molecule has 2 heterocycles. The van der Waals surface area contributed by atoms with Crippen LogP contribution in [-0.2, 0) is 9.47 Å². The standard InChI is InChI=1S/C8H11NO2/c1-8(7(4-9)11-8)6-2-3-10-5-6/h6-7H,2-3,5H2,1H3. The molecule has 0 saturated carbocycles. The molecule has 3 unspecified atom stereocenters. The zero-order valence-electron chi connectivity index (χ0n) is 6.54. The summed E-state index contributed by atoms with van der Waals surface area (Å²) in [6.07, 6.45) is 0.850. The minimum atomic E-state index is -0.189. The van der Waals surface area contributed by atoms with Crippen LogP contribution in [0, 0.1) is 17.2 Å². The molecule has 3 nitrogen and oxygen atoms in total. The highest BCUT2D eigenvalue weighted by molar-refractivity contribution is 5.14. The van der Waals surface area contributed by atoms with Crippen LogP contribution in [0.4, 0.5) is 0 Å². The van der Waals surface area contributed by atoms with E-state index in [-0.39, 0.29) is 11.7 Å². The summed E-state index contributed by atoms with van der Waals surface area (Å²) < 4.78 is 10.5. The van der Waals surface area contributed by atoms with E-state index >= 15 is 0 Å². The van der Waals surface area contributed by atoms with Gasteiger partial charge in [-0.15, -0.1) is 0 Å². The first-order valence-corrected chi connectivity index (χ1v) is 3.92. The summed E-state index contributed by atoms with van der Waals surface area (Å²) >= 11 is 0. The highest BCUT2D eigenvalue weighted by Crippen LogP contribution is 2.45. The van der Waals surface area contributed by atoms with Crippen molar-refractivity contribution in [2.45, 2.75) is 25.0 Å². The molecule has 0 aromatic rings. The molecule has 0 aliphatic carbocycles. The molecule has 60 valence electrons. The van der Waals surface area contributed by atoms with Gasteiger partial charge in [-0.3, -0.25) is 0 Å². The van der Waals surface area contributed by atoms with Crippen LogP contribution in [0.25, 0.3) is 0 Å².